The van der Waals surface area contributed by atoms with Gasteiger partial charge in [-0.15, -0.1) is 0 Å². The fourth-order valence-corrected chi connectivity index (χ4v) is 2.33. The summed E-state index contributed by atoms with van der Waals surface area (Å²) >= 11 is 0. The lowest BCUT2D eigenvalue weighted by atomic mass is 10.1. The number of hydrogen-bond acceptors (Lipinski definition) is 5. The Morgan fingerprint density at radius 2 is 1.95 bits per heavy atom. The van der Waals surface area contributed by atoms with Gasteiger partial charge in [0.05, 0.1) is 6.04 Å². The molecular weight excluding hydrogens is 240 g/mol. The number of fused-ring (bicyclic) bond motifs is 1. The SMILES string of the molecule is c1cnn(C2CN(c3ccc4nccnc4n3)C2)c1. The molecule has 0 spiro atoms. The Balaban J connectivity index is 1.56. The predicted octanol–water partition coefficient (Wildman–Crippen LogP) is 1.28. The average Bonchev–Trinajstić information content (AvgIpc) is 2.91. The second-order valence-electron chi connectivity index (χ2n) is 4.61. The van der Waals surface area contributed by atoms with Crippen LogP contribution in [0.3, 0.4) is 0 Å². The van der Waals surface area contributed by atoms with Gasteiger partial charge in [0.1, 0.15) is 11.3 Å². The third-order valence-corrected chi connectivity index (χ3v) is 3.40. The van der Waals surface area contributed by atoms with Gasteiger partial charge in [0.25, 0.3) is 0 Å². The van der Waals surface area contributed by atoms with Crippen LogP contribution in [0.2, 0.25) is 0 Å². The number of aromatic nitrogens is 5. The maximum atomic E-state index is 4.54. The van der Waals surface area contributed by atoms with Crippen LogP contribution in [0, 0.1) is 0 Å². The second kappa shape index (κ2) is 4.01. The summed E-state index contributed by atoms with van der Waals surface area (Å²) < 4.78 is 2.00. The van der Waals surface area contributed by atoms with Crippen LogP contribution in [0.1, 0.15) is 6.04 Å². The molecule has 0 amide bonds. The largest absolute Gasteiger partial charge is 0.352 e. The van der Waals surface area contributed by atoms with E-state index in [2.05, 4.69) is 25.0 Å². The zero-order valence-electron chi connectivity index (χ0n) is 10.2. The van der Waals surface area contributed by atoms with Gasteiger partial charge in [0.15, 0.2) is 5.65 Å². The molecule has 3 aromatic heterocycles. The average molecular weight is 252 g/mol. The van der Waals surface area contributed by atoms with Gasteiger partial charge in [-0.2, -0.15) is 5.10 Å². The molecule has 1 saturated heterocycles. The summed E-state index contributed by atoms with van der Waals surface area (Å²) in [7, 11) is 0. The van der Waals surface area contributed by atoms with E-state index < -0.39 is 0 Å². The standard InChI is InChI=1S/C13H12N6/c1-4-16-19(7-1)10-8-18(9-10)12-3-2-11-13(17-12)15-6-5-14-11/h1-7,10H,8-9H2. The summed E-state index contributed by atoms with van der Waals surface area (Å²) in [5.74, 6) is 0.955. The van der Waals surface area contributed by atoms with E-state index in [4.69, 9.17) is 0 Å². The predicted molar refractivity (Wildman–Crippen MR) is 70.8 cm³/mol. The van der Waals surface area contributed by atoms with Crippen LogP contribution in [-0.4, -0.2) is 37.8 Å². The lowest BCUT2D eigenvalue weighted by Crippen LogP contribution is -2.48. The van der Waals surface area contributed by atoms with Crippen molar-refractivity contribution in [3.63, 3.8) is 0 Å². The van der Waals surface area contributed by atoms with Crippen molar-refractivity contribution in [2.24, 2.45) is 0 Å². The molecule has 1 fully saturated rings. The maximum Gasteiger partial charge on any atom is 0.180 e. The van der Waals surface area contributed by atoms with Crippen molar-refractivity contribution < 1.29 is 0 Å². The second-order valence-corrected chi connectivity index (χ2v) is 4.61. The Morgan fingerprint density at radius 3 is 2.79 bits per heavy atom. The first kappa shape index (κ1) is 10.4. The van der Waals surface area contributed by atoms with Crippen LogP contribution >= 0.6 is 0 Å². The highest BCUT2D eigenvalue weighted by Crippen LogP contribution is 2.26. The van der Waals surface area contributed by atoms with Gasteiger partial charge in [0, 0.05) is 37.9 Å². The molecule has 6 nitrogen and oxygen atoms in total. The first-order chi connectivity index (χ1) is 9.40. The highest BCUT2D eigenvalue weighted by Gasteiger charge is 2.29. The highest BCUT2D eigenvalue weighted by atomic mass is 15.4. The summed E-state index contributed by atoms with van der Waals surface area (Å²) in [6.07, 6.45) is 7.16. The summed E-state index contributed by atoms with van der Waals surface area (Å²) in [6, 6.07) is 6.35. The number of rotatable bonds is 2. The van der Waals surface area contributed by atoms with Crippen molar-refractivity contribution in [1.29, 1.82) is 0 Å². The first-order valence-electron chi connectivity index (χ1n) is 6.22. The third-order valence-electron chi connectivity index (χ3n) is 3.40. The van der Waals surface area contributed by atoms with Gasteiger partial charge in [-0.05, 0) is 18.2 Å². The molecule has 4 rings (SSSR count). The molecule has 0 atom stereocenters. The quantitative estimate of drug-likeness (QED) is 0.687. The van der Waals surface area contributed by atoms with E-state index in [1.807, 2.05) is 35.3 Å². The molecule has 0 N–H and O–H groups in total. The normalized spacial score (nSPS) is 15.7. The Morgan fingerprint density at radius 1 is 1.05 bits per heavy atom. The molecular formula is C13H12N6. The highest BCUT2D eigenvalue weighted by molar-refractivity contribution is 5.71. The topological polar surface area (TPSA) is 59.7 Å². The smallest absolute Gasteiger partial charge is 0.180 e. The van der Waals surface area contributed by atoms with Crippen LogP contribution < -0.4 is 4.90 Å². The van der Waals surface area contributed by atoms with E-state index in [1.165, 1.54) is 0 Å². The minimum absolute atomic E-state index is 0.439. The Kier molecular flexibility index (Phi) is 2.20. The first-order valence-corrected chi connectivity index (χ1v) is 6.22. The number of anilines is 1. The summed E-state index contributed by atoms with van der Waals surface area (Å²) in [5.41, 5.74) is 1.53. The molecule has 0 aliphatic carbocycles. The molecule has 1 aliphatic heterocycles. The zero-order valence-corrected chi connectivity index (χ0v) is 10.2. The Hall–Kier alpha value is -2.50. The molecule has 4 heterocycles. The fraction of sp³-hybridized carbons (Fsp3) is 0.231. The van der Waals surface area contributed by atoms with Crippen molar-refractivity contribution >= 4 is 17.0 Å². The molecule has 0 bridgehead atoms. The number of hydrogen-bond donors (Lipinski definition) is 0. The summed E-state index contributed by atoms with van der Waals surface area (Å²) in [5, 5.41) is 4.26. The van der Waals surface area contributed by atoms with Gasteiger partial charge in [-0.1, -0.05) is 0 Å². The van der Waals surface area contributed by atoms with Crippen LogP contribution in [-0.2, 0) is 0 Å². The van der Waals surface area contributed by atoms with Crippen LogP contribution in [0.4, 0.5) is 5.82 Å². The number of nitrogens with zero attached hydrogens (tertiary/aromatic N) is 6. The van der Waals surface area contributed by atoms with E-state index >= 15 is 0 Å². The number of pyridine rings is 1. The van der Waals surface area contributed by atoms with Gasteiger partial charge < -0.3 is 4.90 Å². The van der Waals surface area contributed by atoms with Crippen LogP contribution in [0.25, 0.3) is 11.2 Å². The molecule has 1 aliphatic rings. The molecule has 6 heteroatoms. The van der Waals surface area contributed by atoms with Crippen LogP contribution in [0.5, 0.6) is 0 Å². The minimum atomic E-state index is 0.439. The molecule has 0 unspecified atom stereocenters. The molecule has 0 aromatic carbocycles. The summed E-state index contributed by atoms with van der Waals surface area (Å²) in [6.45, 7) is 1.86. The monoisotopic (exact) mass is 252 g/mol. The zero-order chi connectivity index (χ0) is 12.7. The molecule has 3 aromatic rings. The lowest BCUT2D eigenvalue weighted by Gasteiger charge is -2.40. The molecule has 0 radical (unpaired) electrons. The fourth-order valence-electron chi connectivity index (χ4n) is 2.33. The van der Waals surface area contributed by atoms with Crippen molar-refractivity contribution in [3.05, 3.63) is 43.0 Å². The van der Waals surface area contributed by atoms with Crippen molar-refractivity contribution in [3.8, 4) is 0 Å². The van der Waals surface area contributed by atoms with Gasteiger partial charge in [0.2, 0.25) is 0 Å². The third kappa shape index (κ3) is 1.72. The van der Waals surface area contributed by atoms with E-state index in [9.17, 15) is 0 Å². The van der Waals surface area contributed by atoms with Crippen LogP contribution in [0.15, 0.2) is 43.0 Å². The Labute approximate surface area is 109 Å². The van der Waals surface area contributed by atoms with E-state index in [0.29, 0.717) is 11.7 Å². The Bertz CT molecular complexity index is 702. The van der Waals surface area contributed by atoms with E-state index in [1.54, 1.807) is 12.4 Å². The molecule has 94 valence electrons. The van der Waals surface area contributed by atoms with Crippen molar-refractivity contribution in [2.45, 2.75) is 6.04 Å². The van der Waals surface area contributed by atoms with Crippen molar-refractivity contribution in [2.75, 3.05) is 18.0 Å². The lowest BCUT2D eigenvalue weighted by molar-refractivity contribution is 0.366. The molecule has 19 heavy (non-hydrogen) atoms. The van der Waals surface area contributed by atoms with Gasteiger partial charge in [-0.25, -0.2) is 9.97 Å². The van der Waals surface area contributed by atoms with Gasteiger partial charge in [-0.3, -0.25) is 9.67 Å². The molecule has 0 saturated carbocycles. The van der Waals surface area contributed by atoms with E-state index in [-0.39, 0.29) is 0 Å². The summed E-state index contributed by atoms with van der Waals surface area (Å²) in [4.78, 5) is 15.2. The maximum absolute atomic E-state index is 4.54. The van der Waals surface area contributed by atoms with E-state index in [0.717, 1.165) is 24.4 Å². The van der Waals surface area contributed by atoms with Crippen molar-refractivity contribution in [1.82, 2.24) is 24.7 Å². The van der Waals surface area contributed by atoms with Gasteiger partial charge >= 0.3 is 0 Å². The minimum Gasteiger partial charge on any atom is -0.352 e.